The van der Waals surface area contributed by atoms with Gasteiger partial charge in [-0.15, -0.1) is 9.81 Å². The lowest BCUT2D eigenvalue weighted by Crippen LogP contribution is -2.51. The Morgan fingerprint density at radius 2 is 1.19 bits per heavy atom. The van der Waals surface area contributed by atoms with E-state index in [2.05, 4.69) is 10.6 Å². The summed E-state index contributed by atoms with van der Waals surface area (Å²) in [5.41, 5.74) is 0. The average Bonchev–Trinajstić information content (AvgIpc) is 2.38. The number of rotatable bonds is 3. The van der Waals surface area contributed by atoms with E-state index in [9.17, 15) is 9.81 Å². The van der Waals surface area contributed by atoms with Crippen LogP contribution < -0.4 is 0 Å². The number of piperidine rings is 2. The average molecular weight is 226 g/mol. The van der Waals surface area contributed by atoms with Crippen LogP contribution in [0.15, 0.2) is 10.6 Å². The molecule has 6 nitrogen and oxygen atoms in total. The molecule has 16 heavy (non-hydrogen) atoms. The molecule has 0 radical (unpaired) electrons. The molecule has 0 aliphatic carbocycles. The molecule has 2 aliphatic heterocycles. The molecule has 2 rings (SSSR count). The largest absolute Gasteiger partial charge is 0.256 e. The number of hydrogen-bond donors (Lipinski definition) is 0. The highest BCUT2D eigenvalue weighted by molar-refractivity contribution is 4.88. The Balaban J connectivity index is 2.07. The third-order valence-corrected chi connectivity index (χ3v) is 3.69. The molecule has 0 bridgehead atoms. The molecule has 0 saturated carbocycles. The maximum Gasteiger partial charge on any atom is 0.0723 e. The van der Waals surface area contributed by atoms with Crippen LogP contribution in [0.5, 0.6) is 0 Å². The SMILES string of the molecule is O=NN1CCCCC1C1CCCCN1N=O. The van der Waals surface area contributed by atoms with Crippen molar-refractivity contribution in [1.29, 1.82) is 0 Å². The molecule has 0 aromatic carbocycles. The summed E-state index contributed by atoms with van der Waals surface area (Å²) in [4.78, 5) is 21.5. The van der Waals surface area contributed by atoms with Gasteiger partial charge in [-0.2, -0.15) is 0 Å². The lowest BCUT2D eigenvalue weighted by atomic mass is 9.91. The van der Waals surface area contributed by atoms with Gasteiger partial charge >= 0.3 is 0 Å². The predicted octanol–water partition coefficient (Wildman–Crippen LogP) is 2.06. The molecule has 2 heterocycles. The molecule has 0 spiro atoms. The first-order chi connectivity index (χ1) is 7.86. The van der Waals surface area contributed by atoms with E-state index in [-0.39, 0.29) is 12.1 Å². The van der Waals surface area contributed by atoms with Gasteiger partial charge in [0.25, 0.3) is 0 Å². The molecular formula is C10H18N4O2. The van der Waals surface area contributed by atoms with E-state index >= 15 is 0 Å². The van der Waals surface area contributed by atoms with E-state index in [1.165, 1.54) is 0 Å². The maximum absolute atomic E-state index is 10.8. The molecule has 2 unspecified atom stereocenters. The van der Waals surface area contributed by atoms with Crippen LogP contribution in [-0.4, -0.2) is 35.2 Å². The first-order valence-corrected chi connectivity index (χ1v) is 6.06. The Labute approximate surface area is 94.9 Å². The zero-order valence-corrected chi connectivity index (χ0v) is 9.42. The second-order valence-electron chi connectivity index (χ2n) is 4.62. The van der Waals surface area contributed by atoms with Gasteiger partial charge in [0.05, 0.1) is 22.7 Å². The van der Waals surface area contributed by atoms with Crippen LogP contribution in [0.3, 0.4) is 0 Å². The van der Waals surface area contributed by atoms with Gasteiger partial charge < -0.3 is 0 Å². The highest BCUT2D eigenvalue weighted by Gasteiger charge is 2.35. The smallest absolute Gasteiger partial charge is 0.0723 e. The summed E-state index contributed by atoms with van der Waals surface area (Å²) in [6, 6.07) is 0.175. The Morgan fingerprint density at radius 3 is 1.56 bits per heavy atom. The summed E-state index contributed by atoms with van der Waals surface area (Å²) in [7, 11) is 0. The van der Waals surface area contributed by atoms with Gasteiger partial charge in [0.15, 0.2) is 0 Å². The molecule has 0 aromatic heterocycles. The minimum absolute atomic E-state index is 0.0873. The van der Waals surface area contributed by atoms with Crippen LogP contribution in [0, 0.1) is 9.81 Å². The Hall–Kier alpha value is -1.20. The second-order valence-corrected chi connectivity index (χ2v) is 4.62. The monoisotopic (exact) mass is 226 g/mol. The molecule has 0 amide bonds. The van der Waals surface area contributed by atoms with E-state index in [1.54, 1.807) is 10.0 Å². The van der Waals surface area contributed by atoms with Gasteiger partial charge in [-0.3, -0.25) is 10.0 Å². The van der Waals surface area contributed by atoms with Gasteiger partial charge in [-0.1, -0.05) is 0 Å². The van der Waals surface area contributed by atoms with Gasteiger partial charge in [-0.25, -0.2) is 0 Å². The van der Waals surface area contributed by atoms with Crippen LogP contribution in [-0.2, 0) is 0 Å². The van der Waals surface area contributed by atoms with Crippen LogP contribution in [0.1, 0.15) is 38.5 Å². The lowest BCUT2D eigenvalue weighted by Gasteiger charge is -2.41. The first kappa shape index (κ1) is 11.3. The van der Waals surface area contributed by atoms with E-state index in [0.717, 1.165) is 51.6 Å². The molecule has 2 fully saturated rings. The van der Waals surface area contributed by atoms with Crippen molar-refractivity contribution >= 4 is 0 Å². The summed E-state index contributed by atoms with van der Waals surface area (Å²) in [6.07, 6.45) is 6.15. The molecule has 0 aromatic rings. The highest BCUT2D eigenvalue weighted by Crippen LogP contribution is 2.28. The standard InChI is InChI=1S/C10H18N4O2/c15-11-13-7-3-1-5-9(13)10-6-2-4-8-14(10)12-16/h9-10H,1-8H2. The summed E-state index contributed by atoms with van der Waals surface area (Å²) < 4.78 is 0. The first-order valence-electron chi connectivity index (χ1n) is 6.06. The summed E-state index contributed by atoms with van der Waals surface area (Å²) in [6.45, 7) is 1.44. The van der Waals surface area contributed by atoms with Crippen LogP contribution >= 0.6 is 0 Å². The van der Waals surface area contributed by atoms with Crippen LogP contribution in [0.4, 0.5) is 0 Å². The third kappa shape index (κ3) is 2.15. The fourth-order valence-corrected chi connectivity index (χ4v) is 2.87. The van der Waals surface area contributed by atoms with Crippen molar-refractivity contribution in [3.63, 3.8) is 0 Å². The van der Waals surface area contributed by atoms with Crippen molar-refractivity contribution in [3.05, 3.63) is 9.81 Å². The van der Waals surface area contributed by atoms with Crippen LogP contribution in [0.25, 0.3) is 0 Å². The molecule has 2 saturated heterocycles. The third-order valence-electron chi connectivity index (χ3n) is 3.69. The molecule has 2 aliphatic rings. The summed E-state index contributed by atoms with van der Waals surface area (Å²) in [5, 5.41) is 9.39. The maximum atomic E-state index is 10.8. The van der Waals surface area contributed by atoms with Crippen molar-refractivity contribution in [1.82, 2.24) is 10.0 Å². The molecule has 2 atom stereocenters. The lowest BCUT2D eigenvalue weighted by molar-refractivity contribution is 0.0315. The quantitative estimate of drug-likeness (QED) is 0.691. The van der Waals surface area contributed by atoms with E-state index in [0.29, 0.717) is 0 Å². The molecule has 0 N–H and O–H groups in total. The van der Waals surface area contributed by atoms with Crippen LogP contribution in [0.2, 0.25) is 0 Å². The number of nitrogens with zero attached hydrogens (tertiary/aromatic N) is 4. The zero-order valence-electron chi connectivity index (χ0n) is 9.42. The molecular weight excluding hydrogens is 208 g/mol. The molecule has 6 heteroatoms. The summed E-state index contributed by atoms with van der Waals surface area (Å²) in [5.74, 6) is 0. The van der Waals surface area contributed by atoms with Crippen molar-refractivity contribution in [2.24, 2.45) is 10.6 Å². The summed E-state index contributed by atoms with van der Waals surface area (Å²) >= 11 is 0. The fraction of sp³-hybridized carbons (Fsp3) is 1.00. The topological polar surface area (TPSA) is 65.3 Å². The van der Waals surface area contributed by atoms with Gasteiger partial charge in [0.1, 0.15) is 0 Å². The fourth-order valence-electron chi connectivity index (χ4n) is 2.87. The van der Waals surface area contributed by atoms with E-state index in [4.69, 9.17) is 0 Å². The van der Waals surface area contributed by atoms with Gasteiger partial charge in [0, 0.05) is 13.1 Å². The Kier molecular flexibility index (Phi) is 3.69. The van der Waals surface area contributed by atoms with Gasteiger partial charge in [-0.05, 0) is 38.5 Å². The van der Waals surface area contributed by atoms with Crippen molar-refractivity contribution < 1.29 is 0 Å². The van der Waals surface area contributed by atoms with Gasteiger partial charge in [0.2, 0.25) is 0 Å². The second kappa shape index (κ2) is 5.23. The molecule has 90 valence electrons. The predicted molar refractivity (Wildman–Crippen MR) is 60.3 cm³/mol. The Bertz CT molecular complexity index is 235. The minimum Gasteiger partial charge on any atom is -0.256 e. The van der Waals surface area contributed by atoms with Crippen molar-refractivity contribution in [2.45, 2.75) is 50.6 Å². The Morgan fingerprint density at radius 1 is 0.750 bits per heavy atom. The van der Waals surface area contributed by atoms with E-state index < -0.39 is 0 Å². The zero-order chi connectivity index (χ0) is 11.4. The number of hydrogen-bond acceptors (Lipinski definition) is 4. The van der Waals surface area contributed by atoms with Crippen molar-refractivity contribution in [2.75, 3.05) is 13.1 Å². The van der Waals surface area contributed by atoms with Crippen molar-refractivity contribution in [3.8, 4) is 0 Å². The highest BCUT2D eigenvalue weighted by atomic mass is 16.3. The minimum atomic E-state index is 0.0873. The number of nitroso groups, excluding NO2 is 2. The van der Waals surface area contributed by atoms with E-state index in [1.807, 2.05) is 0 Å². The normalized spacial score (nSPS) is 31.2.